The van der Waals surface area contributed by atoms with Crippen molar-refractivity contribution in [1.82, 2.24) is 9.80 Å². The van der Waals surface area contributed by atoms with Gasteiger partial charge in [-0.3, -0.25) is 9.80 Å². The molecular formula is C15H22N2S. The molecule has 98 valence electrons. The molecule has 18 heavy (non-hydrogen) atoms. The number of piperazine rings is 1. The Morgan fingerprint density at radius 3 is 2.50 bits per heavy atom. The van der Waals surface area contributed by atoms with Crippen LogP contribution in [0.25, 0.3) is 0 Å². The van der Waals surface area contributed by atoms with Gasteiger partial charge in [0, 0.05) is 44.5 Å². The van der Waals surface area contributed by atoms with Crippen LogP contribution in [0.3, 0.4) is 0 Å². The first kappa shape index (κ1) is 12.5. The second-order valence-electron chi connectivity index (χ2n) is 5.32. The van der Waals surface area contributed by atoms with Crippen molar-refractivity contribution in [3.05, 3.63) is 35.9 Å². The fourth-order valence-electron chi connectivity index (χ4n) is 2.94. The molecule has 1 atom stereocenters. The van der Waals surface area contributed by atoms with Crippen LogP contribution in [0.4, 0.5) is 0 Å². The van der Waals surface area contributed by atoms with E-state index in [1.54, 1.807) is 0 Å². The van der Waals surface area contributed by atoms with Crippen molar-refractivity contribution in [2.24, 2.45) is 0 Å². The van der Waals surface area contributed by atoms with Crippen LogP contribution in [-0.2, 0) is 6.54 Å². The third-order valence-electron chi connectivity index (χ3n) is 4.08. The molecule has 2 nitrogen and oxygen atoms in total. The van der Waals surface area contributed by atoms with Crippen molar-refractivity contribution in [2.75, 3.05) is 37.7 Å². The summed E-state index contributed by atoms with van der Waals surface area (Å²) >= 11 is 2.12. The van der Waals surface area contributed by atoms with E-state index in [0.717, 1.165) is 12.6 Å². The molecule has 3 rings (SSSR count). The first-order valence-electron chi connectivity index (χ1n) is 7.00. The van der Waals surface area contributed by atoms with Gasteiger partial charge >= 0.3 is 0 Å². The van der Waals surface area contributed by atoms with E-state index in [4.69, 9.17) is 0 Å². The Bertz CT molecular complexity index is 354. The van der Waals surface area contributed by atoms with Crippen LogP contribution >= 0.6 is 11.8 Å². The summed E-state index contributed by atoms with van der Waals surface area (Å²) in [6.45, 7) is 6.11. The summed E-state index contributed by atoms with van der Waals surface area (Å²) in [7, 11) is 0. The highest BCUT2D eigenvalue weighted by atomic mass is 32.2. The largest absolute Gasteiger partial charge is 0.297 e. The molecule has 2 heterocycles. The lowest BCUT2D eigenvalue weighted by molar-refractivity contribution is 0.100. The molecule has 0 radical (unpaired) electrons. The molecule has 1 unspecified atom stereocenters. The fraction of sp³-hybridized carbons (Fsp3) is 0.600. The zero-order valence-electron chi connectivity index (χ0n) is 10.9. The molecule has 0 aromatic heterocycles. The topological polar surface area (TPSA) is 6.48 Å². The quantitative estimate of drug-likeness (QED) is 0.825. The Balaban J connectivity index is 1.48. The third-order valence-corrected chi connectivity index (χ3v) is 5.22. The van der Waals surface area contributed by atoms with Gasteiger partial charge in [-0.1, -0.05) is 30.3 Å². The van der Waals surface area contributed by atoms with E-state index in [1.165, 1.54) is 49.7 Å². The first-order chi connectivity index (χ1) is 8.92. The van der Waals surface area contributed by atoms with Crippen molar-refractivity contribution in [2.45, 2.75) is 19.0 Å². The van der Waals surface area contributed by atoms with Crippen molar-refractivity contribution < 1.29 is 0 Å². The lowest BCUT2D eigenvalue weighted by atomic mass is 10.1. The van der Waals surface area contributed by atoms with E-state index in [2.05, 4.69) is 51.9 Å². The number of hydrogen-bond donors (Lipinski definition) is 0. The Morgan fingerprint density at radius 2 is 1.83 bits per heavy atom. The molecule has 0 amide bonds. The molecule has 1 aromatic carbocycles. The van der Waals surface area contributed by atoms with Gasteiger partial charge in [0.05, 0.1) is 0 Å². The molecule has 0 spiro atoms. The molecule has 3 heteroatoms. The van der Waals surface area contributed by atoms with Gasteiger partial charge in [-0.05, 0) is 17.7 Å². The molecule has 0 N–H and O–H groups in total. The first-order valence-corrected chi connectivity index (χ1v) is 8.15. The lowest BCUT2D eigenvalue weighted by Gasteiger charge is -2.37. The molecule has 0 aliphatic carbocycles. The molecule has 0 bridgehead atoms. The maximum Gasteiger partial charge on any atom is 0.0234 e. The number of benzene rings is 1. The third kappa shape index (κ3) is 3.08. The average Bonchev–Trinajstić information content (AvgIpc) is 2.95. The number of rotatable bonds is 3. The maximum atomic E-state index is 2.71. The van der Waals surface area contributed by atoms with Gasteiger partial charge in [-0.25, -0.2) is 0 Å². The van der Waals surface area contributed by atoms with E-state index < -0.39 is 0 Å². The smallest absolute Gasteiger partial charge is 0.0234 e. The highest BCUT2D eigenvalue weighted by Crippen LogP contribution is 2.23. The summed E-state index contributed by atoms with van der Waals surface area (Å²) in [5.74, 6) is 2.73. The van der Waals surface area contributed by atoms with Crippen LogP contribution < -0.4 is 0 Å². The van der Waals surface area contributed by atoms with Crippen LogP contribution in [0.1, 0.15) is 12.0 Å². The Morgan fingerprint density at radius 1 is 1.06 bits per heavy atom. The fourth-order valence-corrected chi connectivity index (χ4v) is 4.19. The predicted octanol–water partition coefficient (Wildman–Crippen LogP) is 2.31. The van der Waals surface area contributed by atoms with Crippen LogP contribution in [0, 0.1) is 0 Å². The summed E-state index contributed by atoms with van der Waals surface area (Å²) in [6.07, 6.45) is 1.41. The number of hydrogen-bond acceptors (Lipinski definition) is 3. The minimum atomic E-state index is 0.869. The Hall–Kier alpha value is -0.510. The van der Waals surface area contributed by atoms with Gasteiger partial charge < -0.3 is 0 Å². The van der Waals surface area contributed by atoms with Gasteiger partial charge in [0.2, 0.25) is 0 Å². The van der Waals surface area contributed by atoms with Crippen LogP contribution in [0.5, 0.6) is 0 Å². The monoisotopic (exact) mass is 262 g/mol. The van der Waals surface area contributed by atoms with E-state index in [9.17, 15) is 0 Å². The average molecular weight is 262 g/mol. The molecule has 2 saturated heterocycles. The summed E-state index contributed by atoms with van der Waals surface area (Å²) in [4.78, 5) is 5.30. The van der Waals surface area contributed by atoms with Gasteiger partial charge in [-0.15, -0.1) is 0 Å². The lowest BCUT2D eigenvalue weighted by Crippen LogP contribution is -2.50. The van der Waals surface area contributed by atoms with E-state index in [1.807, 2.05) is 0 Å². The molecule has 2 aliphatic rings. The number of thioether (sulfide) groups is 1. The summed E-state index contributed by atoms with van der Waals surface area (Å²) < 4.78 is 0. The van der Waals surface area contributed by atoms with Crippen molar-refractivity contribution in [1.29, 1.82) is 0 Å². The Labute approximate surface area is 114 Å². The summed E-state index contributed by atoms with van der Waals surface area (Å²) in [5.41, 5.74) is 1.45. The number of nitrogens with zero attached hydrogens (tertiary/aromatic N) is 2. The SMILES string of the molecule is c1ccc(CN2CCN(C3CCSC3)CC2)cc1. The van der Waals surface area contributed by atoms with Crippen molar-refractivity contribution in [3.8, 4) is 0 Å². The highest BCUT2D eigenvalue weighted by Gasteiger charge is 2.26. The van der Waals surface area contributed by atoms with Gasteiger partial charge in [-0.2, -0.15) is 11.8 Å². The minimum Gasteiger partial charge on any atom is -0.297 e. The predicted molar refractivity (Wildman–Crippen MR) is 79.0 cm³/mol. The Kier molecular flexibility index (Phi) is 4.24. The van der Waals surface area contributed by atoms with Crippen LogP contribution in [-0.4, -0.2) is 53.5 Å². The highest BCUT2D eigenvalue weighted by molar-refractivity contribution is 7.99. The molecule has 1 aromatic rings. The summed E-state index contributed by atoms with van der Waals surface area (Å²) in [5, 5.41) is 0. The molecule has 2 fully saturated rings. The van der Waals surface area contributed by atoms with Crippen LogP contribution in [0.15, 0.2) is 30.3 Å². The van der Waals surface area contributed by atoms with E-state index in [0.29, 0.717) is 0 Å². The van der Waals surface area contributed by atoms with Crippen molar-refractivity contribution in [3.63, 3.8) is 0 Å². The normalized spacial score (nSPS) is 26.6. The molecule has 0 saturated carbocycles. The van der Waals surface area contributed by atoms with Gasteiger partial charge in [0.25, 0.3) is 0 Å². The van der Waals surface area contributed by atoms with Gasteiger partial charge in [0.15, 0.2) is 0 Å². The van der Waals surface area contributed by atoms with E-state index >= 15 is 0 Å². The van der Waals surface area contributed by atoms with Crippen LogP contribution in [0.2, 0.25) is 0 Å². The zero-order valence-corrected chi connectivity index (χ0v) is 11.7. The second-order valence-corrected chi connectivity index (χ2v) is 6.46. The van der Waals surface area contributed by atoms with E-state index in [-0.39, 0.29) is 0 Å². The second kappa shape index (κ2) is 6.09. The maximum absolute atomic E-state index is 2.71. The molecule has 2 aliphatic heterocycles. The van der Waals surface area contributed by atoms with Gasteiger partial charge in [0.1, 0.15) is 0 Å². The van der Waals surface area contributed by atoms with Crippen molar-refractivity contribution >= 4 is 11.8 Å². The minimum absolute atomic E-state index is 0.869. The standard InChI is InChI=1S/C15H22N2S/c1-2-4-14(5-3-1)12-16-7-9-17(10-8-16)15-6-11-18-13-15/h1-5,15H,6-13H2. The zero-order chi connectivity index (χ0) is 12.2. The molecular weight excluding hydrogens is 240 g/mol. The summed E-state index contributed by atoms with van der Waals surface area (Å²) in [6, 6.07) is 11.7.